The Kier molecular flexibility index (Phi) is 7.23. The summed E-state index contributed by atoms with van der Waals surface area (Å²) >= 11 is 0. The van der Waals surface area contributed by atoms with Crippen molar-refractivity contribution in [3.05, 3.63) is 35.4 Å². The van der Waals surface area contributed by atoms with Crippen molar-refractivity contribution in [3.8, 4) is 0 Å². The van der Waals surface area contributed by atoms with Gasteiger partial charge in [-0.3, -0.25) is 4.79 Å². The van der Waals surface area contributed by atoms with Gasteiger partial charge in [-0.25, -0.2) is 13.8 Å². The molecule has 1 amide bonds. The molecule has 3 rings (SSSR count). The van der Waals surface area contributed by atoms with Gasteiger partial charge in [-0.15, -0.1) is 0 Å². The zero-order valence-electron chi connectivity index (χ0n) is 16.5. The minimum atomic E-state index is -0.475. The Hall–Kier alpha value is -2.18. The standard InChI is InChI=1S/C21H30F2N4O/c1-2-24-21(25-13-16-12-17(22)8-9-19(16)23)26-18-10-11-27(14-18)20(28)15-6-4-3-5-7-15/h8-9,12,15,18H,2-7,10-11,13-14H2,1H3,(H2,24,25,26). The number of nitrogens with zero attached hydrogens (tertiary/aromatic N) is 2. The Bertz CT molecular complexity index is 704. The van der Waals surface area contributed by atoms with Crippen molar-refractivity contribution in [1.29, 1.82) is 0 Å². The number of likely N-dealkylation sites (tertiary alicyclic amines) is 1. The zero-order chi connectivity index (χ0) is 19.9. The molecule has 5 nitrogen and oxygen atoms in total. The molecule has 1 aliphatic heterocycles. The van der Waals surface area contributed by atoms with Crippen LogP contribution in [-0.4, -0.2) is 42.4 Å². The highest BCUT2D eigenvalue weighted by atomic mass is 19.1. The summed E-state index contributed by atoms with van der Waals surface area (Å²) in [6, 6.07) is 3.50. The van der Waals surface area contributed by atoms with Crippen LogP contribution in [0.3, 0.4) is 0 Å². The zero-order valence-corrected chi connectivity index (χ0v) is 16.5. The lowest BCUT2D eigenvalue weighted by Gasteiger charge is -2.26. The van der Waals surface area contributed by atoms with Gasteiger partial charge in [-0.2, -0.15) is 0 Å². The Labute approximate surface area is 165 Å². The molecule has 2 aliphatic rings. The lowest BCUT2D eigenvalue weighted by atomic mass is 9.88. The molecule has 1 aliphatic carbocycles. The first-order chi connectivity index (χ1) is 13.6. The number of hydrogen-bond donors (Lipinski definition) is 2. The second kappa shape index (κ2) is 9.85. The van der Waals surface area contributed by atoms with Gasteiger partial charge in [0.1, 0.15) is 11.6 Å². The molecule has 1 aromatic carbocycles. The third kappa shape index (κ3) is 5.42. The summed E-state index contributed by atoms with van der Waals surface area (Å²) < 4.78 is 27.1. The highest BCUT2D eigenvalue weighted by Crippen LogP contribution is 2.26. The smallest absolute Gasteiger partial charge is 0.225 e. The van der Waals surface area contributed by atoms with E-state index in [1.54, 1.807) is 0 Å². The quantitative estimate of drug-likeness (QED) is 0.598. The van der Waals surface area contributed by atoms with Gasteiger partial charge in [-0.1, -0.05) is 19.3 Å². The molecule has 154 valence electrons. The Morgan fingerprint density at radius 3 is 2.75 bits per heavy atom. The van der Waals surface area contributed by atoms with Crippen molar-refractivity contribution in [2.45, 2.75) is 58.0 Å². The van der Waals surface area contributed by atoms with E-state index in [1.165, 1.54) is 12.5 Å². The van der Waals surface area contributed by atoms with E-state index in [2.05, 4.69) is 15.6 Å². The number of carbonyl (C=O) groups is 1. The number of carbonyl (C=O) groups excluding carboxylic acids is 1. The number of aliphatic imine (C=N–C) groups is 1. The number of hydrogen-bond acceptors (Lipinski definition) is 2. The Morgan fingerprint density at radius 1 is 1.21 bits per heavy atom. The van der Waals surface area contributed by atoms with Crippen LogP contribution in [0.15, 0.2) is 23.2 Å². The van der Waals surface area contributed by atoms with Crippen LogP contribution in [0.4, 0.5) is 8.78 Å². The first-order valence-electron chi connectivity index (χ1n) is 10.3. The number of rotatable bonds is 5. The van der Waals surface area contributed by atoms with Crippen molar-refractivity contribution < 1.29 is 13.6 Å². The number of halogens is 2. The lowest BCUT2D eigenvalue weighted by Crippen LogP contribution is -2.45. The summed E-state index contributed by atoms with van der Waals surface area (Å²) in [6.07, 6.45) is 6.42. The van der Waals surface area contributed by atoms with Crippen LogP contribution in [0.2, 0.25) is 0 Å². The molecule has 0 aromatic heterocycles. The van der Waals surface area contributed by atoms with E-state index in [0.29, 0.717) is 19.0 Å². The molecule has 1 saturated carbocycles. The minimum Gasteiger partial charge on any atom is -0.357 e. The maximum Gasteiger partial charge on any atom is 0.225 e. The first kappa shape index (κ1) is 20.6. The van der Waals surface area contributed by atoms with E-state index < -0.39 is 11.6 Å². The maximum absolute atomic E-state index is 13.8. The Balaban J connectivity index is 1.56. The van der Waals surface area contributed by atoms with Gasteiger partial charge in [0.05, 0.1) is 6.54 Å². The van der Waals surface area contributed by atoms with Crippen LogP contribution in [0.25, 0.3) is 0 Å². The van der Waals surface area contributed by atoms with Gasteiger partial charge >= 0.3 is 0 Å². The average Bonchev–Trinajstić information content (AvgIpc) is 3.17. The van der Waals surface area contributed by atoms with Gasteiger partial charge in [0.2, 0.25) is 5.91 Å². The van der Waals surface area contributed by atoms with Crippen molar-refractivity contribution >= 4 is 11.9 Å². The van der Waals surface area contributed by atoms with Crippen LogP contribution >= 0.6 is 0 Å². The lowest BCUT2D eigenvalue weighted by molar-refractivity contribution is -0.135. The van der Waals surface area contributed by atoms with Crippen LogP contribution in [0.5, 0.6) is 0 Å². The van der Waals surface area contributed by atoms with Gasteiger partial charge in [0, 0.05) is 37.2 Å². The molecule has 1 atom stereocenters. The summed E-state index contributed by atoms with van der Waals surface area (Å²) in [6.45, 7) is 4.08. The molecular formula is C21H30F2N4O. The number of amides is 1. The van der Waals surface area contributed by atoms with E-state index in [9.17, 15) is 13.6 Å². The third-order valence-corrected chi connectivity index (χ3v) is 5.55. The average molecular weight is 392 g/mol. The fraction of sp³-hybridized carbons (Fsp3) is 0.619. The molecule has 28 heavy (non-hydrogen) atoms. The van der Waals surface area contributed by atoms with E-state index in [0.717, 1.165) is 50.8 Å². The largest absolute Gasteiger partial charge is 0.357 e. The van der Waals surface area contributed by atoms with E-state index in [1.807, 2.05) is 11.8 Å². The van der Waals surface area contributed by atoms with E-state index in [4.69, 9.17) is 0 Å². The molecule has 1 unspecified atom stereocenters. The first-order valence-corrected chi connectivity index (χ1v) is 10.3. The summed E-state index contributed by atoms with van der Waals surface area (Å²) in [7, 11) is 0. The fourth-order valence-corrected chi connectivity index (χ4v) is 4.03. The van der Waals surface area contributed by atoms with E-state index >= 15 is 0 Å². The molecule has 0 bridgehead atoms. The number of nitrogens with one attached hydrogen (secondary N) is 2. The number of guanidine groups is 1. The topological polar surface area (TPSA) is 56.7 Å². The van der Waals surface area contributed by atoms with Crippen molar-refractivity contribution in [1.82, 2.24) is 15.5 Å². The highest BCUT2D eigenvalue weighted by Gasteiger charge is 2.31. The van der Waals surface area contributed by atoms with Gasteiger partial charge in [-0.05, 0) is 44.4 Å². The Morgan fingerprint density at radius 2 is 2.00 bits per heavy atom. The van der Waals surface area contributed by atoms with Gasteiger partial charge in [0.25, 0.3) is 0 Å². The molecular weight excluding hydrogens is 362 g/mol. The van der Waals surface area contributed by atoms with Crippen molar-refractivity contribution in [3.63, 3.8) is 0 Å². The summed E-state index contributed by atoms with van der Waals surface area (Å²) in [5, 5.41) is 6.48. The molecule has 0 radical (unpaired) electrons. The van der Waals surface area contributed by atoms with Crippen LogP contribution in [-0.2, 0) is 11.3 Å². The second-order valence-corrected chi connectivity index (χ2v) is 7.68. The number of benzene rings is 1. The van der Waals surface area contributed by atoms with E-state index in [-0.39, 0.29) is 30.0 Å². The molecule has 0 spiro atoms. The van der Waals surface area contributed by atoms with Crippen molar-refractivity contribution in [2.75, 3.05) is 19.6 Å². The maximum atomic E-state index is 13.8. The summed E-state index contributed by atoms with van der Waals surface area (Å²) in [5.41, 5.74) is 0.220. The van der Waals surface area contributed by atoms with Crippen molar-refractivity contribution in [2.24, 2.45) is 10.9 Å². The molecule has 1 heterocycles. The molecule has 2 N–H and O–H groups in total. The summed E-state index contributed by atoms with van der Waals surface area (Å²) in [4.78, 5) is 19.1. The second-order valence-electron chi connectivity index (χ2n) is 7.68. The third-order valence-electron chi connectivity index (χ3n) is 5.55. The van der Waals surface area contributed by atoms with Gasteiger partial charge < -0.3 is 15.5 Å². The predicted molar refractivity (Wildman–Crippen MR) is 106 cm³/mol. The molecule has 1 aromatic rings. The molecule has 1 saturated heterocycles. The monoisotopic (exact) mass is 392 g/mol. The molecule has 2 fully saturated rings. The molecule has 7 heteroatoms. The SMILES string of the molecule is CCNC(=NCc1cc(F)ccc1F)NC1CCN(C(=O)C2CCCCC2)C1. The fourth-order valence-electron chi connectivity index (χ4n) is 4.03. The van der Waals surface area contributed by atoms with Crippen LogP contribution in [0, 0.1) is 17.6 Å². The summed E-state index contributed by atoms with van der Waals surface area (Å²) in [5.74, 6) is 0.0876. The minimum absolute atomic E-state index is 0.0519. The normalized spacial score (nSPS) is 21.0. The van der Waals surface area contributed by atoms with Crippen LogP contribution < -0.4 is 10.6 Å². The van der Waals surface area contributed by atoms with Crippen LogP contribution in [0.1, 0.15) is 51.0 Å². The highest BCUT2D eigenvalue weighted by molar-refractivity contribution is 5.81. The predicted octanol–water partition coefficient (Wildman–Crippen LogP) is 3.20. The van der Waals surface area contributed by atoms with Gasteiger partial charge in [0.15, 0.2) is 5.96 Å².